The normalized spacial score (nSPS) is 20.8. The highest BCUT2D eigenvalue weighted by Crippen LogP contribution is 2.44. The first-order valence-electron chi connectivity index (χ1n) is 7.77. The highest BCUT2D eigenvalue weighted by atomic mass is 32.2. The van der Waals surface area contributed by atoms with Crippen molar-refractivity contribution in [1.29, 1.82) is 0 Å². The molecule has 0 spiro atoms. The Hall–Kier alpha value is -2.20. The minimum absolute atomic E-state index is 0.126. The molecule has 0 bridgehead atoms. The van der Waals surface area contributed by atoms with E-state index in [1.54, 1.807) is 26.0 Å². The van der Waals surface area contributed by atoms with Crippen LogP contribution in [0.15, 0.2) is 60.0 Å². The van der Waals surface area contributed by atoms with Crippen LogP contribution in [0, 0.1) is 0 Å². The van der Waals surface area contributed by atoms with E-state index in [4.69, 9.17) is 9.47 Å². The van der Waals surface area contributed by atoms with E-state index in [9.17, 15) is 4.79 Å². The van der Waals surface area contributed by atoms with Gasteiger partial charge in [-0.2, -0.15) is 0 Å². The molecule has 3 rings (SSSR count). The van der Waals surface area contributed by atoms with E-state index in [1.165, 1.54) is 0 Å². The van der Waals surface area contributed by atoms with Crippen LogP contribution in [-0.2, 0) is 4.79 Å². The molecule has 0 amide bonds. The third-order valence-corrected chi connectivity index (χ3v) is 5.46. The summed E-state index contributed by atoms with van der Waals surface area (Å²) >= 11 is 1.67. The summed E-state index contributed by atoms with van der Waals surface area (Å²) in [6.45, 7) is 4.11. The molecule has 4 heteroatoms. The average Bonchev–Trinajstić information content (AvgIpc) is 2.63. The molecule has 0 aromatic heterocycles. The Kier molecular flexibility index (Phi) is 4.95. The number of ketones is 1. The summed E-state index contributed by atoms with van der Waals surface area (Å²) in [7, 11) is 3.27. The monoisotopic (exact) mass is 340 g/mol. The molecule has 2 aromatic carbocycles. The van der Waals surface area contributed by atoms with Gasteiger partial charge in [0.05, 0.1) is 26.1 Å². The molecule has 1 aliphatic heterocycles. The molecule has 0 saturated carbocycles. The van der Waals surface area contributed by atoms with Gasteiger partial charge in [-0.1, -0.05) is 30.8 Å². The summed E-state index contributed by atoms with van der Waals surface area (Å²) in [5.41, 5.74) is 2.00. The average molecular weight is 340 g/mol. The van der Waals surface area contributed by atoms with E-state index in [-0.39, 0.29) is 17.6 Å². The molecule has 0 radical (unpaired) electrons. The number of carbonyl (C=O) groups excluding carboxylic acids is 1. The SMILES string of the molecule is C=C1SCC(c2ccc(OC)cc2)C(=O)C1c1ccc(OC)cc1. The van der Waals surface area contributed by atoms with E-state index in [2.05, 4.69) is 6.58 Å². The van der Waals surface area contributed by atoms with E-state index in [0.29, 0.717) is 0 Å². The van der Waals surface area contributed by atoms with Gasteiger partial charge >= 0.3 is 0 Å². The first-order valence-corrected chi connectivity index (χ1v) is 8.76. The lowest BCUT2D eigenvalue weighted by atomic mass is 9.84. The molecule has 1 heterocycles. The fourth-order valence-corrected chi connectivity index (χ4v) is 4.12. The van der Waals surface area contributed by atoms with Crippen LogP contribution in [0.25, 0.3) is 0 Å². The first kappa shape index (κ1) is 16.7. The summed E-state index contributed by atoms with van der Waals surface area (Å²) in [6.07, 6.45) is 0. The van der Waals surface area contributed by atoms with Crippen LogP contribution in [0.1, 0.15) is 23.0 Å². The Morgan fingerprint density at radius 1 is 0.917 bits per heavy atom. The van der Waals surface area contributed by atoms with Gasteiger partial charge in [0.25, 0.3) is 0 Å². The summed E-state index contributed by atoms with van der Waals surface area (Å²) < 4.78 is 10.4. The van der Waals surface area contributed by atoms with E-state index >= 15 is 0 Å². The van der Waals surface area contributed by atoms with Gasteiger partial charge in [-0.05, 0) is 40.3 Å². The molecule has 1 aliphatic rings. The quantitative estimate of drug-likeness (QED) is 0.826. The van der Waals surface area contributed by atoms with Crippen molar-refractivity contribution in [3.05, 3.63) is 71.1 Å². The Bertz CT molecular complexity index is 734. The van der Waals surface area contributed by atoms with E-state index in [1.807, 2.05) is 48.5 Å². The van der Waals surface area contributed by atoms with Gasteiger partial charge in [-0.25, -0.2) is 0 Å². The lowest BCUT2D eigenvalue weighted by Gasteiger charge is -2.30. The molecule has 2 atom stereocenters. The smallest absolute Gasteiger partial charge is 0.153 e. The van der Waals surface area contributed by atoms with Crippen LogP contribution in [0.2, 0.25) is 0 Å². The molecule has 24 heavy (non-hydrogen) atoms. The number of carbonyl (C=O) groups is 1. The minimum atomic E-state index is -0.276. The Balaban J connectivity index is 1.88. The van der Waals surface area contributed by atoms with Crippen LogP contribution in [-0.4, -0.2) is 25.8 Å². The van der Waals surface area contributed by atoms with Crippen LogP contribution in [0.4, 0.5) is 0 Å². The highest BCUT2D eigenvalue weighted by molar-refractivity contribution is 8.03. The maximum atomic E-state index is 13.1. The van der Waals surface area contributed by atoms with Crippen molar-refractivity contribution in [2.24, 2.45) is 0 Å². The standard InChI is InChI=1S/C20H20O3S/c1-13-19(15-6-10-17(23-3)11-7-15)20(21)18(12-24-13)14-4-8-16(22-2)9-5-14/h4-11,18-19H,1,12H2,2-3H3. The van der Waals surface area contributed by atoms with Crippen LogP contribution in [0.5, 0.6) is 11.5 Å². The van der Waals surface area contributed by atoms with Crippen LogP contribution < -0.4 is 9.47 Å². The summed E-state index contributed by atoms with van der Waals surface area (Å²) in [6, 6.07) is 15.4. The predicted octanol–water partition coefficient (Wildman–Crippen LogP) is 4.40. The van der Waals surface area contributed by atoms with Crippen molar-refractivity contribution >= 4 is 17.5 Å². The molecule has 1 saturated heterocycles. The number of ether oxygens (including phenoxy) is 2. The van der Waals surface area contributed by atoms with Gasteiger partial charge in [0.15, 0.2) is 5.78 Å². The molecule has 0 aliphatic carbocycles. The largest absolute Gasteiger partial charge is 0.497 e. The molecule has 2 aromatic rings. The summed E-state index contributed by atoms with van der Waals surface area (Å²) in [5, 5.41) is 0. The lowest BCUT2D eigenvalue weighted by molar-refractivity contribution is -0.120. The van der Waals surface area contributed by atoms with Crippen molar-refractivity contribution in [1.82, 2.24) is 0 Å². The van der Waals surface area contributed by atoms with Gasteiger partial charge in [0.1, 0.15) is 11.5 Å². The summed E-state index contributed by atoms with van der Waals surface area (Å²) in [4.78, 5) is 14.0. The zero-order chi connectivity index (χ0) is 17.1. The van der Waals surface area contributed by atoms with E-state index in [0.717, 1.165) is 33.3 Å². The predicted molar refractivity (Wildman–Crippen MR) is 98.1 cm³/mol. The minimum Gasteiger partial charge on any atom is -0.497 e. The molecule has 3 nitrogen and oxygen atoms in total. The number of methoxy groups -OCH3 is 2. The second kappa shape index (κ2) is 7.14. The second-order valence-electron chi connectivity index (χ2n) is 5.71. The van der Waals surface area contributed by atoms with Gasteiger partial charge in [0.2, 0.25) is 0 Å². The highest BCUT2D eigenvalue weighted by Gasteiger charge is 2.36. The Morgan fingerprint density at radius 2 is 1.42 bits per heavy atom. The van der Waals surface area contributed by atoms with Crippen LogP contribution >= 0.6 is 11.8 Å². The van der Waals surface area contributed by atoms with Crippen molar-refractivity contribution in [3.63, 3.8) is 0 Å². The second-order valence-corrected chi connectivity index (χ2v) is 6.86. The van der Waals surface area contributed by atoms with Gasteiger partial charge < -0.3 is 9.47 Å². The number of allylic oxidation sites excluding steroid dienone is 1. The molecular weight excluding hydrogens is 320 g/mol. The lowest BCUT2D eigenvalue weighted by Crippen LogP contribution is -2.27. The van der Waals surface area contributed by atoms with Crippen molar-refractivity contribution < 1.29 is 14.3 Å². The zero-order valence-corrected chi connectivity index (χ0v) is 14.6. The number of Topliss-reactive ketones (excluding diaryl/α,β-unsaturated/α-hetero) is 1. The Labute approximate surface area is 146 Å². The van der Waals surface area contributed by atoms with E-state index < -0.39 is 0 Å². The molecular formula is C20H20O3S. The summed E-state index contributed by atoms with van der Waals surface area (Å²) in [5.74, 6) is 2.11. The number of hydrogen-bond acceptors (Lipinski definition) is 4. The van der Waals surface area contributed by atoms with Gasteiger partial charge in [0, 0.05) is 5.75 Å². The van der Waals surface area contributed by atoms with Crippen molar-refractivity contribution in [2.75, 3.05) is 20.0 Å². The fourth-order valence-electron chi connectivity index (χ4n) is 2.96. The van der Waals surface area contributed by atoms with Crippen molar-refractivity contribution in [2.45, 2.75) is 11.8 Å². The Morgan fingerprint density at radius 3 is 1.92 bits per heavy atom. The molecule has 124 valence electrons. The number of hydrogen-bond donors (Lipinski definition) is 0. The van der Waals surface area contributed by atoms with Gasteiger partial charge in [-0.15, -0.1) is 11.8 Å². The molecule has 0 N–H and O–H groups in total. The number of thioether (sulfide) groups is 1. The maximum absolute atomic E-state index is 13.1. The third-order valence-electron chi connectivity index (χ3n) is 4.35. The molecule has 1 fully saturated rings. The fraction of sp³-hybridized carbons (Fsp3) is 0.250. The number of benzene rings is 2. The first-order chi connectivity index (χ1) is 11.6. The third kappa shape index (κ3) is 3.20. The molecule has 2 unspecified atom stereocenters. The van der Waals surface area contributed by atoms with Crippen LogP contribution in [0.3, 0.4) is 0 Å². The number of rotatable bonds is 4. The maximum Gasteiger partial charge on any atom is 0.153 e. The topological polar surface area (TPSA) is 35.5 Å². The zero-order valence-electron chi connectivity index (χ0n) is 13.8. The van der Waals surface area contributed by atoms with Crippen molar-refractivity contribution in [3.8, 4) is 11.5 Å². The van der Waals surface area contributed by atoms with Gasteiger partial charge in [-0.3, -0.25) is 4.79 Å².